The van der Waals surface area contributed by atoms with Gasteiger partial charge in [-0.15, -0.1) is 0 Å². The highest BCUT2D eigenvalue weighted by Gasteiger charge is 2.46. The highest BCUT2D eigenvalue weighted by atomic mass is 16.5. The molecule has 0 bridgehead atoms. The molecule has 0 aromatic carbocycles. The Morgan fingerprint density at radius 1 is 1.42 bits per heavy atom. The van der Waals surface area contributed by atoms with E-state index in [2.05, 4.69) is 11.8 Å². The number of methoxy groups -OCH3 is 1. The van der Waals surface area contributed by atoms with Crippen molar-refractivity contribution >= 4 is 5.91 Å². The van der Waals surface area contributed by atoms with Crippen molar-refractivity contribution in [3.05, 3.63) is 0 Å². The normalized spacial score (nSPS) is 24.9. The summed E-state index contributed by atoms with van der Waals surface area (Å²) in [4.78, 5) is 14.8. The van der Waals surface area contributed by atoms with Crippen LogP contribution in [0.15, 0.2) is 0 Å². The summed E-state index contributed by atoms with van der Waals surface area (Å²) in [5, 5.41) is 0. The zero-order valence-electron chi connectivity index (χ0n) is 12.4. The number of nitrogens with zero attached hydrogens (tertiary/aromatic N) is 1. The quantitative estimate of drug-likeness (QED) is 0.827. The van der Waals surface area contributed by atoms with Gasteiger partial charge in [0.2, 0.25) is 5.91 Å². The van der Waals surface area contributed by atoms with Crippen molar-refractivity contribution in [3.63, 3.8) is 0 Å². The Kier molecular flexibility index (Phi) is 4.85. The Bertz CT molecular complexity index is 305. The minimum absolute atomic E-state index is 0.100. The van der Waals surface area contributed by atoms with Crippen molar-refractivity contribution in [2.45, 2.75) is 51.5 Å². The predicted molar refractivity (Wildman–Crippen MR) is 75.7 cm³/mol. The average molecular weight is 268 g/mol. The third kappa shape index (κ3) is 3.11. The van der Waals surface area contributed by atoms with Crippen molar-refractivity contribution in [2.75, 3.05) is 26.8 Å². The molecule has 1 aliphatic heterocycles. The highest BCUT2D eigenvalue weighted by molar-refractivity contribution is 5.83. The van der Waals surface area contributed by atoms with Crippen LogP contribution in [0.1, 0.15) is 45.4 Å². The van der Waals surface area contributed by atoms with Gasteiger partial charge in [-0.05, 0) is 44.9 Å². The maximum Gasteiger partial charge on any atom is 0.228 e. The highest BCUT2D eigenvalue weighted by Crippen LogP contribution is 2.46. The van der Waals surface area contributed by atoms with E-state index in [1.807, 2.05) is 0 Å². The zero-order valence-corrected chi connectivity index (χ0v) is 12.4. The Morgan fingerprint density at radius 2 is 2.05 bits per heavy atom. The molecular formula is C15H28N2O2. The minimum atomic E-state index is -0.100. The van der Waals surface area contributed by atoms with Crippen molar-refractivity contribution < 1.29 is 9.53 Å². The van der Waals surface area contributed by atoms with E-state index in [1.54, 1.807) is 7.11 Å². The number of nitrogens with two attached hydrogens (primary N) is 1. The summed E-state index contributed by atoms with van der Waals surface area (Å²) in [6.07, 6.45) is 6.28. The van der Waals surface area contributed by atoms with Crippen molar-refractivity contribution in [1.29, 1.82) is 0 Å². The van der Waals surface area contributed by atoms with E-state index in [4.69, 9.17) is 10.5 Å². The van der Waals surface area contributed by atoms with E-state index in [9.17, 15) is 4.79 Å². The number of likely N-dealkylation sites (tertiary alicyclic amines) is 1. The monoisotopic (exact) mass is 268 g/mol. The molecule has 0 aromatic rings. The molecule has 2 aliphatic rings. The fraction of sp³-hybridized carbons (Fsp3) is 0.933. The Hall–Kier alpha value is -0.610. The number of carbonyl (C=O) groups is 1. The molecule has 1 unspecified atom stereocenters. The SMILES string of the molecule is COCCC1(C(=O)N2CCC(C(C)N)CC2)CCC1. The first kappa shape index (κ1) is 14.8. The molecule has 1 heterocycles. The summed E-state index contributed by atoms with van der Waals surface area (Å²) in [6.45, 7) is 4.55. The first-order valence-corrected chi connectivity index (χ1v) is 7.63. The topological polar surface area (TPSA) is 55.6 Å². The molecule has 110 valence electrons. The lowest BCUT2D eigenvalue weighted by Gasteiger charge is -2.45. The Morgan fingerprint density at radius 3 is 2.47 bits per heavy atom. The van der Waals surface area contributed by atoms with Gasteiger partial charge in [-0.3, -0.25) is 4.79 Å². The largest absolute Gasteiger partial charge is 0.385 e. The van der Waals surface area contributed by atoms with Crippen LogP contribution >= 0.6 is 0 Å². The van der Waals surface area contributed by atoms with Gasteiger partial charge in [0.1, 0.15) is 0 Å². The molecule has 19 heavy (non-hydrogen) atoms. The van der Waals surface area contributed by atoms with Gasteiger partial charge in [-0.1, -0.05) is 6.42 Å². The summed E-state index contributed by atoms with van der Waals surface area (Å²) in [7, 11) is 1.71. The Balaban J connectivity index is 1.89. The van der Waals surface area contributed by atoms with Gasteiger partial charge in [-0.25, -0.2) is 0 Å². The van der Waals surface area contributed by atoms with Crippen LogP contribution in [0.3, 0.4) is 0 Å². The van der Waals surface area contributed by atoms with Crippen LogP contribution in [0.25, 0.3) is 0 Å². The summed E-state index contributed by atoms with van der Waals surface area (Å²) >= 11 is 0. The number of rotatable bonds is 5. The summed E-state index contributed by atoms with van der Waals surface area (Å²) < 4.78 is 5.17. The predicted octanol–water partition coefficient (Wildman–Crippen LogP) is 1.78. The zero-order chi connectivity index (χ0) is 13.9. The second kappa shape index (κ2) is 6.23. The lowest BCUT2D eigenvalue weighted by molar-refractivity contribution is -0.150. The van der Waals surface area contributed by atoms with Crippen LogP contribution < -0.4 is 5.73 Å². The molecule has 0 aromatic heterocycles. The van der Waals surface area contributed by atoms with E-state index in [0.29, 0.717) is 18.4 Å². The number of ether oxygens (including phenoxy) is 1. The molecule has 2 rings (SSSR count). The van der Waals surface area contributed by atoms with Gasteiger partial charge in [0, 0.05) is 32.8 Å². The Labute approximate surface area is 116 Å². The second-order valence-corrected chi connectivity index (χ2v) is 6.37. The van der Waals surface area contributed by atoms with Gasteiger partial charge in [-0.2, -0.15) is 0 Å². The lowest BCUT2D eigenvalue weighted by atomic mass is 9.65. The van der Waals surface area contributed by atoms with Gasteiger partial charge >= 0.3 is 0 Å². The molecule has 1 saturated carbocycles. The number of amides is 1. The molecule has 1 aliphatic carbocycles. The summed E-state index contributed by atoms with van der Waals surface area (Å²) in [5.41, 5.74) is 5.86. The number of hydrogen-bond acceptors (Lipinski definition) is 3. The third-order valence-electron chi connectivity index (χ3n) is 5.12. The molecule has 4 nitrogen and oxygen atoms in total. The van der Waals surface area contributed by atoms with Crippen molar-refractivity contribution in [3.8, 4) is 0 Å². The molecule has 4 heteroatoms. The molecule has 2 fully saturated rings. The molecule has 1 atom stereocenters. The molecule has 0 radical (unpaired) electrons. The summed E-state index contributed by atoms with van der Waals surface area (Å²) in [6, 6.07) is 0.253. The number of hydrogen-bond donors (Lipinski definition) is 1. The van der Waals surface area contributed by atoms with Crippen LogP contribution in [-0.4, -0.2) is 43.7 Å². The van der Waals surface area contributed by atoms with Gasteiger partial charge in [0.05, 0.1) is 5.41 Å². The van der Waals surface area contributed by atoms with Crippen molar-refractivity contribution in [1.82, 2.24) is 4.90 Å². The van der Waals surface area contributed by atoms with Crippen LogP contribution in [0.4, 0.5) is 0 Å². The maximum atomic E-state index is 12.7. The van der Waals surface area contributed by atoms with Crippen LogP contribution in [-0.2, 0) is 9.53 Å². The van der Waals surface area contributed by atoms with Gasteiger partial charge < -0.3 is 15.4 Å². The second-order valence-electron chi connectivity index (χ2n) is 6.37. The van der Waals surface area contributed by atoms with Crippen LogP contribution in [0, 0.1) is 11.3 Å². The fourth-order valence-corrected chi connectivity index (χ4v) is 3.44. The first-order valence-electron chi connectivity index (χ1n) is 7.63. The molecule has 2 N–H and O–H groups in total. The maximum absolute atomic E-state index is 12.7. The molecular weight excluding hydrogens is 240 g/mol. The van der Waals surface area contributed by atoms with Crippen LogP contribution in [0.2, 0.25) is 0 Å². The van der Waals surface area contributed by atoms with Gasteiger partial charge in [0.15, 0.2) is 0 Å². The lowest BCUT2D eigenvalue weighted by Crippen LogP contribution is -2.51. The summed E-state index contributed by atoms with van der Waals surface area (Å²) in [5.74, 6) is 0.958. The fourth-order valence-electron chi connectivity index (χ4n) is 3.44. The molecule has 1 amide bonds. The average Bonchev–Trinajstić information content (AvgIpc) is 2.37. The molecule has 1 saturated heterocycles. The number of carbonyl (C=O) groups excluding carboxylic acids is 1. The van der Waals surface area contributed by atoms with Gasteiger partial charge in [0.25, 0.3) is 0 Å². The van der Waals surface area contributed by atoms with E-state index in [1.165, 1.54) is 6.42 Å². The number of piperidine rings is 1. The minimum Gasteiger partial charge on any atom is -0.385 e. The van der Waals surface area contributed by atoms with E-state index in [-0.39, 0.29) is 11.5 Å². The van der Waals surface area contributed by atoms with E-state index >= 15 is 0 Å². The smallest absolute Gasteiger partial charge is 0.228 e. The first-order chi connectivity index (χ1) is 9.09. The van der Waals surface area contributed by atoms with Crippen molar-refractivity contribution in [2.24, 2.45) is 17.1 Å². The third-order valence-corrected chi connectivity index (χ3v) is 5.12. The standard InChI is InChI=1S/C15H28N2O2/c1-12(16)13-4-9-17(10-5-13)14(18)15(6-3-7-15)8-11-19-2/h12-13H,3-11,16H2,1-2H3. The van der Waals surface area contributed by atoms with E-state index in [0.717, 1.165) is 45.2 Å². The van der Waals surface area contributed by atoms with E-state index < -0.39 is 0 Å². The molecule has 0 spiro atoms. The van der Waals surface area contributed by atoms with Crippen LogP contribution in [0.5, 0.6) is 0 Å².